The van der Waals surface area contributed by atoms with Crippen molar-refractivity contribution >= 4 is 58.5 Å². The van der Waals surface area contributed by atoms with E-state index in [1.807, 2.05) is 0 Å². The van der Waals surface area contributed by atoms with E-state index in [9.17, 15) is 27.6 Å². The van der Waals surface area contributed by atoms with Gasteiger partial charge in [0.25, 0.3) is 11.8 Å². The molecule has 3 amide bonds. The fourth-order valence-corrected chi connectivity index (χ4v) is 5.83. The fraction of sp³-hybridized carbons (Fsp3) is 0.0541. The zero-order valence-corrected chi connectivity index (χ0v) is 26.6. The zero-order valence-electron chi connectivity index (χ0n) is 25.0. The number of halogens is 4. The highest BCUT2D eigenvalue weighted by Gasteiger charge is 2.31. The molecule has 0 aliphatic rings. The van der Waals surface area contributed by atoms with Crippen LogP contribution in [0.25, 0.3) is 6.08 Å². The first-order valence-electron chi connectivity index (χ1n) is 14.5. The van der Waals surface area contributed by atoms with Crippen molar-refractivity contribution < 1.29 is 27.6 Å². The third-order valence-electron chi connectivity index (χ3n) is 6.88. The first-order valence-corrected chi connectivity index (χ1v) is 15.8. The molecule has 0 aliphatic carbocycles. The summed E-state index contributed by atoms with van der Waals surface area (Å²) in [6.07, 6.45) is -3.09. The van der Waals surface area contributed by atoms with Crippen molar-refractivity contribution in [3.8, 4) is 0 Å². The maximum atomic E-state index is 13.6. The Morgan fingerprint density at radius 3 is 2.02 bits per heavy atom. The number of hydrogen-bond donors (Lipinski definition) is 3. The lowest BCUT2D eigenvalue weighted by Gasteiger charge is -2.18. The lowest BCUT2D eigenvalue weighted by Crippen LogP contribution is -2.30. The summed E-state index contributed by atoms with van der Waals surface area (Å²) >= 11 is 7.49. The summed E-state index contributed by atoms with van der Waals surface area (Å²) in [6.45, 7) is 0. The van der Waals surface area contributed by atoms with E-state index in [2.05, 4.69) is 16.0 Å². The van der Waals surface area contributed by atoms with Crippen LogP contribution in [0.4, 0.5) is 24.5 Å². The molecule has 0 heterocycles. The number of thioether (sulfide) groups is 1. The van der Waals surface area contributed by atoms with Crippen LogP contribution in [0.2, 0.25) is 5.02 Å². The van der Waals surface area contributed by atoms with E-state index in [0.29, 0.717) is 32.3 Å². The van der Waals surface area contributed by atoms with Gasteiger partial charge in [0.1, 0.15) is 10.9 Å². The van der Waals surface area contributed by atoms with Crippen LogP contribution in [-0.2, 0) is 15.8 Å². The Hall–Kier alpha value is -5.32. The van der Waals surface area contributed by atoms with Gasteiger partial charge in [-0.05, 0) is 71.8 Å². The molecule has 6 nitrogen and oxygen atoms in total. The lowest BCUT2D eigenvalue weighted by molar-refractivity contribution is -0.137. The smallest absolute Gasteiger partial charge is 0.325 e. The predicted octanol–water partition coefficient (Wildman–Crippen LogP) is 9.24. The normalized spacial score (nSPS) is 12.1. The lowest BCUT2D eigenvalue weighted by atomic mass is 10.1. The molecular weight excluding hydrogens is 659 g/mol. The van der Waals surface area contributed by atoms with Crippen molar-refractivity contribution in [2.75, 3.05) is 10.6 Å². The third-order valence-corrected chi connectivity index (χ3v) is 8.47. The second kappa shape index (κ2) is 15.5. The molecule has 0 aliphatic heterocycles. The molecule has 0 saturated carbocycles. The highest BCUT2D eigenvalue weighted by Crippen LogP contribution is 2.38. The molecule has 5 aromatic carbocycles. The fourth-order valence-electron chi connectivity index (χ4n) is 4.55. The summed E-state index contributed by atoms with van der Waals surface area (Å²) in [5.41, 5.74) is 0.925. The summed E-state index contributed by atoms with van der Waals surface area (Å²) in [7, 11) is 0. The molecule has 0 aromatic heterocycles. The molecule has 48 heavy (non-hydrogen) atoms. The van der Waals surface area contributed by atoms with Gasteiger partial charge < -0.3 is 16.0 Å². The maximum absolute atomic E-state index is 13.6. The van der Waals surface area contributed by atoms with Crippen LogP contribution in [0.3, 0.4) is 0 Å². The number of amides is 3. The first-order chi connectivity index (χ1) is 23.1. The van der Waals surface area contributed by atoms with Crippen molar-refractivity contribution in [1.29, 1.82) is 0 Å². The Bertz CT molecular complexity index is 1950. The van der Waals surface area contributed by atoms with Gasteiger partial charge in [0.15, 0.2) is 0 Å². The minimum absolute atomic E-state index is 0.00718. The molecule has 5 rings (SSSR count). The summed E-state index contributed by atoms with van der Waals surface area (Å²) in [4.78, 5) is 40.7. The summed E-state index contributed by atoms with van der Waals surface area (Å²) in [5, 5.41) is 7.60. The molecule has 1 unspecified atom stereocenters. The van der Waals surface area contributed by atoms with E-state index in [1.54, 1.807) is 109 Å². The van der Waals surface area contributed by atoms with E-state index in [0.717, 1.165) is 23.9 Å². The zero-order chi connectivity index (χ0) is 34.1. The number of carbonyl (C=O) groups is 3. The van der Waals surface area contributed by atoms with Crippen molar-refractivity contribution in [1.82, 2.24) is 5.32 Å². The van der Waals surface area contributed by atoms with Gasteiger partial charge in [-0.1, -0.05) is 90.5 Å². The van der Waals surface area contributed by atoms with E-state index in [-0.39, 0.29) is 11.4 Å². The second-order valence-electron chi connectivity index (χ2n) is 10.4. The van der Waals surface area contributed by atoms with Gasteiger partial charge in [0, 0.05) is 26.9 Å². The molecule has 1 atom stereocenters. The van der Waals surface area contributed by atoms with Gasteiger partial charge in [-0.2, -0.15) is 13.2 Å². The van der Waals surface area contributed by atoms with Crippen molar-refractivity contribution in [2.45, 2.75) is 16.3 Å². The van der Waals surface area contributed by atoms with Crippen LogP contribution in [0.1, 0.15) is 32.3 Å². The highest BCUT2D eigenvalue weighted by atomic mass is 35.5. The average molecular weight is 686 g/mol. The number of alkyl halides is 3. The van der Waals surface area contributed by atoms with E-state index >= 15 is 0 Å². The molecule has 0 spiro atoms. The van der Waals surface area contributed by atoms with Gasteiger partial charge in [-0.3, -0.25) is 14.4 Å². The van der Waals surface area contributed by atoms with Crippen molar-refractivity contribution in [3.63, 3.8) is 0 Å². The molecule has 0 radical (unpaired) electrons. The molecular formula is C37H27ClF3N3O3S. The Balaban J connectivity index is 1.38. The number of benzene rings is 5. The standard InChI is InChI=1S/C37H27ClF3N3O3S/c38-31-20-8-7-15-26(31)21-32(44-34(45)25-13-5-2-6-14-25)35(46)42-29-18-10-19-30(23-29)48-33(24-11-3-1-4-12-24)36(47)43-28-17-9-16-27(22-28)37(39,40)41/h1-23,33H,(H,42,46)(H,43,47)(H,44,45)/b32-21+. The van der Waals surface area contributed by atoms with Gasteiger partial charge in [0.2, 0.25) is 5.91 Å². The van der Waals surface area contributed by atoms with Gasteiger partial charge >= 0.3 is 6.18 Å². The summed E-state index contributed by atoms with van der Waals surface area (Å²) < 4.78 is 39.9. The van der Waals surface area contributed by atoms with Crippen LogP contribution in [0, 0.1) is 0 Å². The molecule has 5 aromatic rings. The molecule has 242 valence electrons. The van der Waals surface area contributed by atoms with Crippen LogP contribution in [0.15, 0.2) is 144 Å². The van der Waals surface area contributed by atoms with Gasteiger partial charge in [-0.25, -0.2) is 0 Å². The molecule has 11 heteroatoms. The van der Waals surface area contributed by atoms with E-state index < -0.39 is 34.7 Å². The molecule has 3 N–H and O–H groups in total. The SMILES string of the molecule is O=C(Nc1cccc(SC(C(=O)Nc2cccc(C(F)(F)F)c2)c2ccccc2)c1)/C(=C\c1ccccc1Cl)NC(=O)c1ccccc1. The minimum atomic E-state index is -4.56. The molecule has 0 fully saturated rings. The number of rotatable bonds is 10. The number of hydrogen-bond acceptors (Lipinski definition) is 4. The number of nitrogens with one attached hydrogen (secondary N) is 3. The largest absolute Gasteiger partial charge is 0.416 e. The topological polar surface area (TPSA) is 87.3 Å². The molecule has 0 bridgehead atoms. The Kier molecular flexibility index (Phi) is 11.0. The van der Waals surface area contributed by atoms with Crippen molar-refractivity contribution in [3.05, 3.63) is 166 Å². The van der Waals surface area contributed by atoms with E-state index in [1.165, 1.54) is 18.2 Å². The Morgan fingerprint density at radius 1 is 0.708 bits per heavy atom. The van der Waals surface area contributed by atoms with Crippen molar-refractivity contribution in [2.24, 2.45) is 0 Å². The predicted molar refractivity (Wildman–Crippen MR) is 184 cm³/mol. The molecule has 0 saturated heterocycles. The second-order valence-corrected chi connectivity index (χ2v) is 11.9. The first kappa shape index (κ1) is 34.0. The Labute approximate surface area is 284 Å². The van der Waals surface area contributed by atoms with Crippen LogP contribution < -0.4 is 16.0 Å². The van der Waals surface area contributed by atoms with E-state index in [4.69, 9.17) is 11.6 Å². The summed E-state index contributed by atoms with van der Waals surface area (Å²) in [6, 6.07) is 35.2. The highest BCUT2D eigenvalue weighted by molar-refractivity contribution is 8.00. The average Bonchev–Trinajstić information content (AvgIpc) is 3.08. The van der Waals surface area contributed by atoms with Gasteiger partial charge in [0.05, 0.1) is 5.56 Å². The van der Waals surface area contributed by atoms with Crippen LogP contribution in [-0.4, -0.2) is 17.7 Å². The minimum Gasteiger partial charge on any atom is -0.325 e. The number of anilines is 2. The Morgan fingerprint density at radius 2 is 1.33 bits per heavy atom. The van der Waals surface area contributed by atoms with Crippen LogP contribution >= 0.6 is 23.4 Å². The maximum Gasteiger partial charge on any atom is 0.416 e. The third kappa shape index (κ3) is 9.15. The quantitative estimate of drug-likeness (QED) is 0.101. The summed E-state index contributed by atoms with van der Waals surface area (Å²) in [5.74, 6) is -1.65. The van der Waals surface area contributed by atoms with Gasteiger partial charge in [-0.15, -0.1) is 11.8 Å². The monoisotopic (exact) mass is 685 g/mol. The number of carbonyl (C=O) groups excluding carboxylic acids is 3. The van der Waals surface area contributed by atoms with Crippen LogP contribution in [0.5, 0.6) is 0 Å².